The highest BCUT2D eigenvalue weighted by Crippen LogP contribution is 2.20. The molecule has 2 N–H and O–H groups in total. The van der Waals surface area contributed by atoms with Gasteiger partial charge in [-0.05, 0) is 38.7 Å². The van der Waals surface area contributed by atoms with E-state index in [0.29, 0.717) is 22.8 Å². The normalized spacial score (nSPS) is 10.8. The standard InChI is InChI=1S/C14H22ClN3O/c1-4-7-18(9-8-17(2)3)14(19)12-6-5-11(16)10-13(12)15/h5-6,10H,4,7-9,16H2,1-3H3. The van der Waals surface area contributed by atoms with Gasteiger partial charge in [-0.15, -0.1) is 0 Å². The molecule has 0 aliphatic carbocycles. The number of halogens is 1. The fourth-order valence-electron chi connectivity index (χ4n) is 1.78. The third-order valence-electron chi connectivity index (χ3n) is 2.82. The first-order chi connectivity index (χ1) is 8.95. The smallest absolute Gasteiger partial charge is 0.255 e. The summed E-state index contributed by atoms with van der Waals surface area (Å²) in [5.41, 5.74) is 6.73. The van der Waals surface area contributed by atoms with Gasteiger partial charge in [0.25, 0.3) is 5.91 Å². The summed E-state index contributed by atoms with van der Waals surface area (Å²) >= 11 is 6.09. The molecule has 0 radical (unpaired) electrons. The quantitative estimate of drug-likeness (QED) is 0.815. The van der Waals surface area contributed by atoms with E-state index in [0.717, 1.165) is 19.5 Å². The maximum absolute atomic E-state index is 12.5. The van der Waals surface area contributed by atoms with Crippen LogP contribution in [-0.4, -0.2) is 49.4 Å². The van der Waals surface area contributed by atoms with Crippen LogP contribution in [0.4, 0.5) is 5.69 Å². The molecule has 1 aromatic carbocycles. The van der Waals surface area contributed by atoms with Gasteiger partial charge in [0, 0.05) is 25.3 Å². The van der Waals surface area contributed by atoms with E-state index in [-0.39, 0.29) is 5.91 Å². The number of hydrogen-bond acceptors (Lipinski definition) is 3. The number of likely N-dealkylation sites (N-methyl/N-ethyl adjacent to an activating group) is 1. The zero-order chi connectivity index (χ0) is 14.4. The summed E-state index contributed by atoms with van der Waals surface area (Å²) in [5.74, 6) is -0.0336. The number of nitrogens with zero attached hydrogens (tertiary/aromatic N) is 2. The maximum atomic E-state index is 12.5. The van der Waals surface area contributed by atoms with Gasteiger partial charge in [0.05, 0.1) is 10.6 Å². The number of rotatable bonds is 6. The molecular weight excluding hydrogens is 262 g/mol. The number of benzene rings is 1. The van der Waals surface area contributed by atoms with Crippen molar-refractivity contribution < 1.29 is 4.79 Å². The molecule has 1 aromatic rings. The summed E-state index contributed by atoms with van der Waals surface area (Å²) < 4.78 is 0. The maximum Gasteiger partial charge on any atom is 0.255 e. The summed E-state index contributed by atoms with van der Waals surface area (Å²) in [6.07, 6.45) is 0.922. The summed E-state index contributed by atoms with van der Waals surface area (Å²) in [5, 5.41) is 0.413. The molecule has 0 heterocycles. The van der Waals surface area contributed by atoms with Crippen molar-refractivity contribution in [3.05, 3.63) is 28.8 Å². The highest BCUT2D eigenvalue weighted by molar-refractivity contribution is 6.34. The van der Waals surface area contributed by atoms with E-state index >= 15 is 0 Å². The molecule has 0 aromatic heterocycles. The fraction of sp³-hybridized carbons (Fsp3) is 0.500. The van der Waals surface area contributed by atoms with Crippen LogP contribution in [-0.2, 0) is 0 Å². The van der Waals surface area contributed by atoms with Gasteiger partial charge < -0.3 is 15.5 Å². The van der Waals surface area contributed by atoms with E-state index in [4.69, 9.17) is 17.3 Å². The second-order valence-electron chi connectivity index (χ2n) is 4.83. The van der Waals surface area contributed by atoms with Crippen molar-refractivity contribution in [2.45, 2.75) is 13.3 Å². The van der Waals surface area contributed by atoms with Gasteiger partial charge in [0.15, 0.2) is 0 Å². The molecule has 0 fully saturated rings. The summed E-state index contributed by atoms with van der Waals surface area (Å²) in [7, 11) is 3.98. The molecule has 0 aliphatic rings. The van der Waals surface area contributed by atoms with Gasteiger partial charge >= 0.3 is 0 Å². The Morgan fingerprint density at radius 3 is 2.47 bits per heavy atom. The summed E-state index contributed by atoms with van der Waals surface area (Å²) in [6.45, 7) is 4.31. The van der Waals surface area contributed by atoms with Crippen molar-refractivity contribution in [3.63, 3.8) is 0 Å². The zero-order valence-corrected chi connectivity index (χ0v) is 12.6. The number of nitrogen functional groups attached to an aromatic ring is 1. The summed E-state index contributed by atoms with van der Waals surface area (Å²) in [6, 6.07) is 5.01. The lowest BCUT2D eigenvalue weighted by Gasteiger charge is -2.24. The van der Waals surface area contributed by atoms with E-state index in [1.54, 1.807) is 18.2 Å². The highest BCUT2D eigenvalue weighted by atomic mass is 35.5. The predicted molar refractivity (Wildman–Crippen MR) is 80.6 cm³/mol. The van der Waals surface area contributed by atoms with Gasteiger partial charge in [-0.3, -0.25) is 4.79 Å². The second kappa shape index (κ2) is 7.36. The first kappa shape index (κ1) is 15.8. The Balaban J connectivity index is 2.85. The Morgan fingerprint density at radius 2 is 1.95 bits per heavy atom. The monoisotopic (exact) mass is 283 g/mol. The largest absolute Gasteiger partial charge is 0.399 e. The van der Waals surface area contributed by atoms with Crippen molar-refractivity contribution in [1.82, 2.24) is 9.80 Å². The highest BCUT2D eigenvalue weighted by Gasteiger charge is 2.17. The van der Waals surface area contributed by atoms with Crippen LogP contribution < -0.4 is 5.73 Å². The topological polar surface area (TPSA) is 49.6 Å². The van der Waals surface area contributed by atoms with Crippen LogP contribution in [0.25, 0.3) is 0 Å². The fourth-order valence-corrected chi connectivity index (χ4v) is 2.05. The molecule has 0 saturated carbocycles. The summed E-state index contributed by atoms with van der Waals surface area (Å²) in [4.78, 5) is 16.3. The van der Waals surface area contributed by atoms with Crippen molar-refractivity contribution in [1.29, 1.82) is 0 Å². The van der Waals surface area contributed by atoms with Crippen LogP contribution in [0.1, 0.15) is 23.7 Å². The Kier molecular flexibility index (Phi) is 6.12. The number of nitrogens with two attached hydrogens (primary N) is 1. The average molecular weight is 284 g/mol. The number of hydrogen-bond donors (Lipinski definition) is 1. The van der Waals surface area contributed by atoms with Crippen molar-refractivity contribution in [3.8, 4) is 0 Å². The lowest BCUT2D eigenvalue weighted by atomic mass is 10.1. The molecule has 5 heteroatoms. The third kappa shape index (κ3) is 4.73. The van der Waals surface area contributed by atoms with Gasteiger partial charge in [-0.25, -0.2) is 0 Å². The minimum atomic E-state index is -0.0336. The number of anilines is 1. The molecule has 1 amide bonds. The van der Waals surface area contributed by atoms with Crippen LogP contribution in [0.3, 0.4) is 0 Å². The van der Waals surface area contributed by atoms with Crippen LogP contribution >= 0.6 is 11.6 Å². The molecule has 0 atom stereocenters. The van der Waals surface area contributed by atoms with Crippen LogP contribution in [0, 0.1) is 0 Å². The number of amides is 1. The first-order valence-electron chi connectivity index (χ1n) is 6.44. The molecule has 0 unspecified atom stereocenters. The SMILES string of the molecule is CCCN(CCN(C)C)C(=O)c1ccc(N)cc1Cl. The second-order valence-corrected chi connectivity index (χ2v) is 5.24. The minimum absolute atomic E-state index is 0.0336. The van der Waals surface area contributed by atoms with E-state index in [1.807, 2.05) is 19.0 Å². The van der Waals surface area contributed by atoms with Gasteiger partial charge in [-0.1, -0.05) is 18.5 Å². The van der Waals surface area contributed by atoms with Crippen molar-refractivity contribution in [2.24, 2.45) is 0 Å². The Labute approximate surface area is 120 Å². The minimum Gasteiger partial charge on any atom is -0.399 e. The molecular formula is C14H22ClN3O. The Hall–Kier alpha value is -1.26. The van der Waals surface area contributed by atoms with Crippen LogP contribution in [0.15, 0.2) is 18.2 Å². The van der Waals surface area contributed by atoms with E-state index in [2.05, 4.69) is 11.8 Å². The lowest BCUT2D eigenvalue weighted by molar-refractivity contribution is 0.0745. The lowest BCUT2D eigenvalue weighted by Crippen LogP contribution is -2.37. The zero-order valence-electron chi connectivity index (χ0n) is 11.8. The van der Waals surface area contributed by atoms with Crippen molar-refractivity contribution >= 4 is 23.2 Å². The van der Waals surface area contributed by atoms with Gasteiger partial charge in [-0.2, -0.15) is 0 Å². The molecule has 0 bridgehead atoms. The molecule has 0 saturated heterocycles. The predicted octanol–water partition coefficient (Wildman–Crippen LogP) is 2.34. The van der Waals surface area contributed by atoms with Crippen LogP contribution in [0.5, 0.6) is 0 Å². The Bertz CT molecular complexity index is 435. The Morgan fingerprint density at radius 1 is 1.26 bits per heavy atom. The molecule has 1 rings (SSSR count). The third-order valence-corrected chi connectivity index (χ3v) is 3.13. The van der Waals surface area contributed by atoms with E-state index in [9.17, 15) is 4.79 Å². The molecule has 19 heavy (non-hydrogen) atoms. The van der Waals surface area contributed by atoms with Crippen molar-refractivity contribution in [2.75, 3.05) is 39.5 Å². The average Bonchev–Trinajstić information content (AvgIpc) is 2.33. The molecule has 0 aliphatic heterocycles. The van der Waals surface area contributed by atoms with E-state index in [1.165, 1.54) is 0 Å². The first-order valence-corrected chi connectivity index (χ1v) is 6.82. The molecule has 4 nitrogen and oxygen atoms in total. The van der Waals surface area contributed by atoms with Gasteiger partial charge in [0.1, 0.15) is 0 Å². The number of carbonyl (C=O) groups excluding carboxylic acids is 1. The number of carbonyl (C=O) groups is 1. The van der Waals surface area contributed by atoms with Crippen LogP contribution in [0.2, 0.25) is 5.02 Å². The van der Waals surface area contributed by atoms with Gasteiger partial charge in [0.2, 0.25) is 0 Å². The van der Waals surface area contributed by atoms with E-state index < -0.39 is 0 Å². The molecule has 0 spiro atoms. The molecule has 106 valence electrons.